The van der Waals surface area contributed by atoms with Gasteiger partial charge in [-0.05, 0) is 42.0 Å². The third-order valence-corrected chi connectivity index (χ3v) is 5.82. The topological polar surface area (TPSA) is 63.6 Å². The van der Waals surface area contributed by atoms with Crippen LogP contribution in [-0.4, -0.2) is 24.3 Å². The number of hydrogen-bond acceptors (Lipinski definition) is 6. The number of phenolic OH excluding ortho intramolecular Hbond substituents is 1. The molecule has 0 bridgehead atoms. The van der Waals surface area contributed by atoms with E-state index in [0.29, 0.717) is 6.54 Å². The van der Waals surface area contributed by atoms with Crippen molar-refractivity contribution in [3.05, 3.63) is 65.0 Å². The van der Waals surface area contributed by atoms with E-state index in [-0.39, 0.29) is 5.75 Å². The van der Waals surface area contributed by atoms with Crippen LogP contribution in [0.25, 0.3) is 22.0 Å². The summed E-state index contributed by atoms with van der Waals surface area (Å²) in [7, 11) is 3.29. The molecule has 1 aromatic heterocycles. The van der Waals surface area contributed by atoms with E-state index < -0.39 is 0 Å². The molecule has 0 fully saturated rings. The van der Waals surface area contributed by atoms with Gasteiger partial charge in [0.2, 0.25) is 0 Å². The Labute approximate surface area is 173 Å². The Morgan fingerprint density at radius 2 is 1.86 bits per heavy atom. The van der Waals surface area contributed by atoms with Gasteiger partial charge in [-0.1, -0.05) is 30.3 Å². The normalized spacial score (nSPS) is 10.9. The number of phenols is 1. The monoisotopic (exact) mass is 406 g/mol. The van der Waals surface area contributed by atoms with E-state index in [0.717, 1.165) is 49.1 Å². The molecule has 0 saturated heterocycles. The maximum absolute atomic E-state index is 10.4. The fourth-order valence-corrected chi connectivity index (χ4v) is 4.22. The first kappa shape index (κ1) is 19.1. The molecule has 148 valence electrons. The largest absolute Gasteiger partial charge is 0.508 e. The first-order valence-corrected chi connectivity index (χ1v) is 10.1. The highest BCUT2D eigenvalue weighted by molar-refractivity contribution is 7.16. The standard InChI is InChI=1S/C23H22N2O3S/c1-14-22(18-12-16(27-2)9-11-21(18)28-3)25-23(29-14)24-13-19-17-7-5-4-6-15(17)8-10-20(19)26/h4-12,26H,13H2,1-3H3,(H,24,25). The molecule has 0 spiro atoms. The van der Waals surface area contributed by atoms with E-state index in [4.69, 9.17) is 14.5 Å². The zero-order chi connectivity index (χ0) is 20.4. The minimum absolute atomic E-state index is 0.277. The smallest absolute Gasteiger partial charge is 0.183 e. The van der Waals surface area contributed by atoms with Gasteiger partial charge >= 0.3 is 0 Å². The summed E-state index contributed by atoms with van der Waals surface area (Å²) in [6.07, 6.45) is 0. The molecule has 0 saturated carbocycles. The number of fused-ring (bicyclic) bond motifs is 1. The van der Waals surface area contributed by atoms with Gasteiger partial charge in [0.1, 0.15) is 17.2 Å². The summed E-state index contributed by atoms with van der Waals surface area (Å²) in [5, 5.41) is 16.6. The van der Waals surface area contributed by atoms with E-state index in [1.54, 1.807) is 31.6 Å². The van der Waals surface area contributed by atoms with Crippen molar-refractivity contribution in [2.24, 2.45) is 0 Å². The van der Waals surface area contributed by atoms with Crippen molar-refractivity contribution in [2.75, 3.05) is 19.5 Å². The summed E-state index contributed by atoms with van der Waals surface area (Å²) >= 11 is 1.57. The zero-order valence-corrected chi connectivity index (χ0v) is 17.3. The number of ether oxygens (including phenoxy) is 2. The quantitative estimate of drug-likeness (QED) is 0.436. The summed E-state index contributed by atoms with van der Waals surface area (Å²) < 4.78 is 10.9. The van der Waals surface area contributed by atoms with Crippen LogP contribution in [0.1, 0.15) is 10.4 Å². The number of thiazole rings is 1. The van der Waals surface area contributed by atoms with Gasteiger partial charge in [-0.25, -0.2) is 4.98 Å². The number of aryl methyl sites for hydroxylation is 1. The second-order valence-corrected chi connectivity index (χ2v) is 7.83. The van der Waals surface area contributed by atoms with Crippen LogP contribution >= 0.6 is 11.3 Å². The molecule has 4 rings (SSSR count). The van der Waals surface area contributed by atoms with Gasteiger partial charge in [0.15, 0.2) is 5.13 Å². The zero-order valence-electron chi connectivity index (χ0n) is 16.5. The molecule has 0 amide bonds. The van der Waals surface area contributed by atoms with Gasteiger partial charge < -0.3 is 19.9 Å². The Balaban J connectivity index is 1.64. The van der Waals surface area contributed by atoms with Crippen LogP contribution < -0.4 is 14.8 Å². The van der Waals surface area contributed by atoms with Gasteiger partial charge in [0, 0.05) is 22.5 Å². The van der Waals surface area contributed by atoms with Gasteiger partial charge in [-0.2, -0.15) is 0 Å². The van der Waals surface area contributed by atoms with Gasteiger partial charge in [0.25, 0.3) is 0 Å². The fraction of sp³-hybridized carbons (Fsp3) is 0.174. The van der Waals surface area contributed by atoms with Crippen LogP contribution in [-0.2, 0) is 6.54 Å². The van der Waals surface area contributed by atoms with Gasteiger partial charge in [-0.3, -0.25) is 0 Å². The Kier molecular flexibility index (Phi) is 5.27. The summed E-state index contributed by atoms with van der Waals surface area (Å²) in [5.74, 6) is 1.78. The van der Waals surface area contributed by atoms with E-state index in [2.05, 4.69) is 5.32 Å². The lowest BCUT2D eigenvalue weighted by atomic mass is 10.0. The lowest BCUT2D eigenvalue weighted by molar-refractivity contribution is 0.404. The molecule has 29 heavy (non-hydrogen) atoms. The Bertz CT molecular complexity index is 1170. The second kappa shape index (κ2) is 8.01. The maximum Gasteiger partial charge on any atom is 0.183 e. The highest BCUT2D eigenvalue weighted by Gasteiger charge is 2.16. The van der Waals surface area contributed by atoms with E-state index in [1.807, 2.05) is 55.5 Å². The SMILES string of the molecule is COc1ccc(OC)c(-c2nc(NCc3c(O)ccc4ccccc34)sc2C)c1. The van der Waals surface area contributed by atoms with Crippen molar-refractivity contribution in [3.8, 4) is 28.5 Å². The predicted molar refractivity (Wildman–Crippen MR) is 118 cm³/mol. The summed E-state index contributed by atoms with van der Waals surface area (Å²) in [4.78, 5) is 5.85. The van der Waals surface area contributed by atoms with Gasteiger partial charge in [0.05, 0.1) is 19.9 Å². The molecule has 4 aromatic rings. The number of benzene rings is 3. The highest BCUT2D eigenvalue weighted by atomic mass is 32.1. The highest BCUT2D eigenvalue weighted by Crippen LogP contribution is 2.38. The number of hydrogen-bond donors (Lipinski definition) is 2. The molecule has 0 aliphatic rings. The molecule has 0 unspecified atom stereocenters. The number of anilines is 1. The maximum atomic E-state index is 10.4. The number of aromatic nitrogens is 1. The van der Waals surface area contributed by atoms with Crippen molar-refractivity contribution in [3.63, 3.8) is 0 Å². The number of methoxy groups -OCH3 is 2. The minimum Gasteiger partial charge on any atom is -0.508 e. The van der Waals surface area contributed by atoms with E-state index in [1.165, 1.54) is 0 Å². The molecule has 0 radical (unpaired) electrons. The first-order chi connectivity index (χ1) is 14.1. The average molecular weight is 407 g/mol. The molecule has 1 heterocycles. The molecule has 3 aromatic carbocycles. The molecular formula is C23H22N2O3S. The molecule has 2 N–H and O–H groups in total. The van der Waals surface area contributed by atoms with Crippen molar-refractivity contribution in [2.45, 2.75) is 13.5 Å². The fourth-order valence-electron chi connectivity index (χ4n) is 3.40. The van der Waals surface area contributed by atoms with Crippen molar-refractivity contribution < 1.29 is 14.6 Å². The third kappa shape index (κ3) is 3.71. The molecule has 6 heteroatoms. The van der Waals surface area contributed by atoms with Crippen molar-refractivity contribution >= 4 is 27.2 Å². The first-order valence-electron chi connectivity index (χ1n) is 9.24. The molecule has 5 nitrogen and oxygen atoms in total. The molecule has 0 aliphatic heterocycles. The average Bonchev–Trinajstić information content (AvgIpc) is 3.12. The number of rotatable bonds is 6. The minimum atomic E-state index is 0.277. The third-order valence-electron chi connectivity index (χ3n) is 4.89. The van der Waals surface area contributed by atoms with Crippen molar-refractivity contribution in [1.82, 2.24) is 4.98 Å². The summed E-state index contributed by atoms with van der Waals surface area (Å²) in [5.41, 5.74) is 2.61. The van der Waals surface area contributed by atoms with Crippen LogP contribution in [0.2, 0.25) is 0 Å². The Hall–Kier alpha value is -3.25. The number of nitrogens with zero attached hydrogens (tertiary/aromatic N) is 1. The molecule has 0 aliphatic carbocycles. The Morgan fingerprint density at radius 1 is 1.03 bits per heavy atom. The summed E-state index contributed by atoms with van der Waals surface area (Å²) in [6, 6.07) is 17.4. The van der Waals surface area contributed by atoms with Crippen LogP contribution in [0.3, 0.4) is 0 Å². The van der Waals surface area contributed by atoms with E-state index in [9.17, 15) is 5.11 Å². The number of nitrogens with one attached hydrogen (secondary N) is 1. The van der Waals surface area contributed by atoms with Crippen LogP contribution in [0.5, 0.6) is 17.2 Å². The van der Waals surface area contributed by atoms with Crippen molar-refractivity contribution in [1.29, 1.82) is 0 Å². The Morgan fingerprint density at radius 3 is 2.66 bits per heavy atom. The molecular weight excluding hydrogens is 384 g/mol. The van der Waals surface area contributed by atoms with Crippen LogP contribution in [0.4, 0.5) is 5.13 Å². The second-order valence-electron chi connectivity index (χ2n) is 6.63. The number of aromatic hydroxyl groups is 1. The molecule has 0 atom stereocenters. The van der Waals surface area contributed by atoms with Gasteiger partial charge in [-0.15, -0.1) is 11.3 Å². The lowest BCUT2D eigenvalue weighted by Gasteiger charge is -2.10. The van der Waals surface area contributed by atoms with E-state index >= 15 is 0 Å². The van der Waals surface area contributed by atoms with Crippen LogP contribution in [0, 0.1) is 6.92 Å². The summed E-state index contributed by atoms with van der Waals surface area (Å²) in [6.45, 7) is 2.52. The lowest BCUT2D eigenvalue weighted by Crippen LogP contribution is -2.00. The van der Waals surface area contributed by atoms with Crippen LogP contribution in [0.15, 0.2) is 54.6 Å². The predicted octanol–water partition coefficient (Wildman–Crippen LogP) is 5.61.